The van der Waals surface area contributed by atoms with Crippen LogP contribution in [0.25, 0.3) is 0 Å². The van der Waals surface area contributed by atoms with Crippen molar-refractivity contribution < 1.29 is 9.18 Å². The lowest BCUT2D eigenvalue weighted by Crippen LogP contribution is -2.32. The zero-order chi connectivity index (χ0) is 12.4. The van der Waals surface area contributed by atoms with Crippen LogP contribution in [-0.2, 0) is 0 Å². The van der Waals surface area contributed by atoms with Crippen LogP contribution >= 0.6 is 11.8 Å². The maximum absolute atomic E-state index is 13.7. The van der Waals surface area contributed by atoms with Crippen molar-refractivity contribution in [3.8, 4) is 0 Å². The first kappa shape index (κ1) is 12.4. The Morgan fingerprint density at radius 1 is 1.53 bits per heavy atom. The van der Waals surface area contributed by atoms with Gasteiger partial charge in [0, 0.05) is 18.8 Å². The van der Waals surface area contributed by atoms with Gasteiger partial charge in [-0.25, -0.2) is 4.39 Å². The summed E-state index contributed by atoms with van der Waals surface area (Å²) in [6, 6.07) is 5.23. The molecule has 0 aromatic heterocycles. The fourth-order valence-electron chi connectivity index (χ4n) is 2.18. The van der Waals surface area contributed by atoms with E-state index in [2.05, 4.69) is 0 Å². The highest BCUT2D eigenvalue weighted by Crippen LogP contribution is 2.29. The summed E-state index contributed by atoms with van der Waals surface area (Å²) >= 11 is 1.90. The maximum Gasteiger partial charge on any atom is 0.164 e. The smallest absolute Gasteiger partial charge is 0.164 e. The largest absolute Gasteiger partial charge is 0.370 e. The molecule has 0 spiro atoms. The molecule has 1 atom stereocenters. The van der Waals surface area contributed by atoms with Gasteiger partial charge in [0.1, 0.15) is 5.82 Å². The first-order valence-electron chi connectivity index (χ1n) is 5.71. The lowest BCUT2D eigenvalue weighted by molar-refractivity contribution is 0.101. The van der Waals surface area contributed by atoms with Gasteiger partial charge < -0.3 is 4.90 Å². The summed E-state index contributed by atoms with van der Waals surface area (Å²) < 4.78 is 13.7. The second-order valence-corrected chi connectivity index (χ2v) is 5.47. The van der Waals surface area contributed by atoms with Crippen molar-refractivity contribution in [2.45, 2.75) is 19.4 Å². The van der Waals surface area contributed by atoms with Crippen LogP contribution in [0, 0.1) is 5.82 Å². The van der Waals surface area contributed by atoms with Gasteiger partial charge in [-0.05, 0) is 31.2 Å². The van der Waals surface area contributed by atoms with Gasteiger partial charge in [-0.15, -0.1) is 0 Å². The molecule has 1 aromatic rings. The summed E-state index contributed by atoms with van der Waals surface area (Å²) in [6.07, 6.45) is 1.09. The van der Waals surface area contributed by atoms with Gasteiger partial charge in [-0.2, -0.15) is 11.8 Å². The van der Waals surface area contributed by atoms with E-state index in [9.17, 15) is 9.18 Å². The summed E-state index contributed by atoms with van der Waals surface area (Å²) in [7, 11) is 1.94. The van der Waals surface area contributed by atoms with E-state index in [1.807, 2.05) is 29.8 Å². The number of rotatable bonds is 3. The molecule has 92 valence electrons. The van der Waals surface area contributed by atoms with Crippen molar-refractivity contribution in [2.75, 3.05) is 23.5 Å². The normalized spacial score (nSPS) is 19.4. The van der Waals surface area contributed by atoms with Gasteiger partial charge in [-0.1, -0.05) is 6.07 Å². The summed E-state index contributed by atoms with van der Waals surface area (Å²) in [4.78, 5) is 13.6. The van der Waals surface area contributed by atoms with Gasteiger partial charge >= 0.3 is 0 Å². The maximum atomic E-state index is 13.7. The van der Waals surface area contributed by atoms with Gasteiger partial charge in [0.05, 0.1) is 11.3 Å². The summed E-state index contributed by atoms with van der Waals surface area (Å²) in [6.45, 7) is 1.42. The monoisotopic (exact) mass is 253 g/mol. The standard InChI is InChI=1S/C13H16FNOS/c1-9(16)13-11(14)4-3-5-12(13)15(2)10-6-7-17-8-10/h3-5,10H,6-8H2,1-2H3. The molecular weight excluding hydrogens is 237 g/mol. The number of nitrogens with zero attached hydrogens (tertiary/aromatic N) is 1. The molecule has 4 heteroatoms. The molecule has 2 rings (SSSR count). The van der Waals surface area contributed by atoms with Crippen LogP contribution in [0.15, 0.2) is 18.2 Å². The lowest BCUT2D eigenvalue weighted by Gasteiger charge is -2.27. The van der Waals surface area contributed by atoms with Crippen LogP contribution in [0.3, 0.4) is 0 Å². The van der Waals surface area contributed by atoms with Crippen LogP contribution in [0.4, 0.5) is 10.1 Å². The van der Waals surface area contributed by atoms with Crippen molar-refractivity contribution >= 4 is 23.2 Å². The third kappa shape index (κ3) is 2.46. The fraction of sp³-hybridized carbons (Fsp3) is 0.462. The fourth-order valence-corrected chi connectivity index (χ4v) is 3.45. The zero-order valence-electron chi connectivity index (χ0n) is 10.1. The molecule has 0 radical (unpaired) electrons. The van der Waals surface area contributed by atoms with Crippen molar-refractivity contribution in [2.24, 2.45) is 0 Å². The molecule has 1 heterocycles. The van der Waals surface area contributed by atoms with E-state index >= 15 is 0 Å². The second-order valence-electron chi connectivity index (χ2n) is 4.32. The number of halogens is 1. The Labute approximate surface area is 105 Å². The highest BCUT2D eigenvalue weighted by Gasteiger charge is 2.24. The molecule has 0 N–H and O–H groups in total. The third-order valence-corrected chi connectivity index (χ3v) is 4.32. The molecule has 1 aliphatic heterocycles. The minimum absolute atomic E-state index is 0.212. The summed E-state index contributed by atoms with van der Waals surface area (Å²) in [5.41, 5.74) is 0.928. The number of hydrogen-bond donors (Lipinski definition) is 0. The van der Waals surface area contributed by atoms with E-state index < -0.39 is 5.82 Å². The van der Waals surface area contributed by atoms with Crippen LogP contribution < -0.4 is 4.90 Å². The highest BCUT2D eigenvalue weighted by atomic mass is 32.2. The Kier molecular flexibility index (Phi) is 3.72. The molecule has 1 saturated heterocycles. The number of anilines is 1. The molecule has 0 aliphatic carbocycles. The quantitative estimate of drug-likeness (QED) is 0.772. The highest BCUT2D eigenvalue weighted by molar-refractivity contribution is 7.99. The van der Waals surface area contributed by atoms with E-state index in [0.29, 0.717) is 11.7 Å². The van der Waals surface area contributed by atoms with E-state index in [0.717, 1.165) is 17.9 Å². The summed E-state index contributed by atoms with van der Waals surface area (Å²) in [5, 5.41) is 0. The zero-order valence-corrected chi connectivity index (χ0v) is 10.9. The molecule has 0 saturated carbocycles. The van der Waals surface area contributed by atoms with E-state index in [1.54, 1.807) is 6.07 Å². The minimum atomic E-state index is -0.424. The van der Waals surface area contributed by atoms with Crippen LogP contribution in [-0.4, -0.2) is 30.4 Å². The number of benzene rings is 1. The van der Waals surface area contributed by atoms with Crippen LogP contribution in [0.2, 0.25) is 0 Å². The molecule has 2 nitrogen and oxygen atoms in total. The molecule has 17 heavy (non-hydrogen) atoms. The van der Waals surface area contributed by atoms with Gasteiger partial charge in [0.15, 0.2) is 5.78 Å². The number of ketones is 1. The number of thioether (sulfide) groups is 1. The van der Waals surface area contributed by atoms with Crippen molar-refractivity contribution in [1.82, 2.24) is 0 Å². The first-order chi connectivity index (χ1) is 8.11. The average molecular weight is 253 g/mol. The van der Waals surface area contributed by atoms with Crippen molar-refractivity contribution in [1.29, 1.82) is 0 Å². The number of hydrogen-bond acceptors (Lipinski definition) is 3. The van der Waals surface area contributed by atoms with Gasteiger partial charge in [0.25, 0.3) is 0 Å². The van der Waals surface area contributed by atoms with Crippen molar-refractivity contribution in [3.63, 3.8) is 0 Å². The van der Waals surface area contributed by atoms with Gasteiger partial charge in [-0.3, -0.25) is 4.79 Å². The van der Waals surface area contributed by atoms with E-state index in [4.69, 9.17) is 0 Å². The van der Waals surface area contributed by atoms with E-state index in [-0.39, 0.29) is 11.3 Å². The Balaban J connectivity index is 2.36. The van der Waals surface area contributed by atoms with Gasteiger partial charge in [0.2, 0.25) is 0 Å². The molecular formula is C13H16FNOS. The second kappa shape index (κ2) is 5.08. The molecule has 1 aliphatic rings. The van der Waals surface area contributed by atoms with E-state index in [1.165, 1.54) is 13.0 Å². The molecule has 1 unspecified atom stereocenters. The molecule has 1 fully saturated rings. The Morgan fingerprint density at radius 3 is 2.88 bits per heavy atom. The van der Waals surface area contributed by atoms with Crippen LogP contribution in [0.1, 0.15) is 23.7 Å². The molecule has 0 bridgehead atoms. The third-order valence-electron chi connectivity index (χ3n) is 3.18. The molecule has 0 amide bonds. The minimum Gasteiger partial charge on any atom is -0.370 e. The number of carbonyl (C=O) groups is 1. The van der Waals surface area contributed by atoms with Crippen molar-refractivity contribution in [3.05, 3.63) is 29.6 Å². The Bertz CT molecular complexity index is 429. The Hall–Kier alpha value is -1.03. The summed E-state index contributed by atoms with van der Waals surface area (Å²) in [5.74, 6) is 1.55. The van der Waals surface area contributed by atoms with Crippen LogP contribution in [0.5, 0.6) is 0 Å². The predicted octanol–water partition coefficient (Wildman–Crippen LogP) is 2.97. The number of Topliss-reactive ketones (excluding diaryl/α,β-unsaturated/α-hetero) is 1. The first-order valence-corrected chi connectivity index (χ1v) is 6.86. The predicted molar refractivity (Wildman–Crippen MR) is 70.5 cm³/mol. The Morgan fingerprint density at radius 2 is 2.29 bits per heavy atom. The lowest BCUT2D eigenvalue weighted by atomic mass is 10.1. The molecule has 1 aromatic carbocycles. The average Bonchev–Trinajstić information content (AvgIpc) is 2.80. The topological polar surface area (TPSA) is 20.3 Å². The SMILES string of the molecule is CC(=O)c1c(F)cccc1N(C)C1CCSC1. The number of carbonyl (C=O) groups excluding carboxylic acids is 1.